The molecule has 4 aromatic rings. The first kappa shape index (κ1) is 17.4. The van der Waals surface area contributed by atoms with E-state index in [0.29, 0.717) is 5.56 Å². The van der Waals surface area contributed by atoms with E-state index < -0.39 is 0 Å². The summed E-state index contributed by atoms with van der Waals surface area (Å²) in [6.45, 7) is 1.74. The molecule has 1 aliphatic rings. The van der Waals surface area contributed by atoms with Gasteiger partial charge in [-0.05, 0) is 36.2 Å². The maximum atomic E-state index is 12.7. The molecule has 0 fully saturated rings. The van der Waals surface area contributed by atoms with Crippen molar-refractivity contribution in [3.05, 3.63) is 90.4 Å². The topological polar surface area (TPSA) is 64.7 Å². The zero-order valence-corrected chi connectivity index (χ0v) is 16.0. The Kier molecular flexibility index (Phi) is 4.44. The summed E-state index contributed by atoms with van der Waals surface area (Å²) in [5.74, 6) is 1.03. The van der Waals surface area contributed by atoms with Gasteiger partial charge in [-0.2, -0.15) is 0 Å². The first-order valence-corrected chi connectivity index (χ1v) is 9.77. The second kappa shape index (κ2) is 7.39. The number of hydrogen-bond donors (Lipinski definition) is 1. The maximum absolute atomic E-state index is 12.7. The number of amides is 1. The predicted molar refractivity (Wildman–Crippen MR) is 112 cm³/mol. The van der Waals surface area contributed by atoms with Gasteiger partial charge in [-0.3, -0.25) is 4.79 Å². The van der Waals surface area contributed by atoms with Crippen molar-refractivity contribution >= 4 is 11.6 Å². The van der Waals surface area contributed by atoms with Crippen LogP contribution < -0.4 is 5.32 Å². The number of nitrogens with one attached hydrogen (secondary N) is 1. The summed E-state index contributed by atoms with van der Waals surface area (Å²) in [5.41, 5.74) is 4.71. The monoisotopic (exact) mass is 383 g/mol. The van der Waals surface area contributed by atoms with Crippen molar-refractivity contribution in [1.29, 1.82) is 0 Å². The van der Waals surface area contributed by atoms with Crippen LogP contribution in [0.15, 0.2) is 73.4 Å². The van der Waals surface area contributed by atoms with Crippen LogP contribution >= 0.6 is 0 Å². The highest BCUT2D eigenvalue weighted by Gasteiger charge is 2.17. The summed E-state index contributed by atoms with van der Waals surface area (Å²) in [7, 11) is 0. The Hall–Kier alpha value is -3.67. The molecule has 0 spiro atoms. The van der Waals surface area contributed by atoms with Gasteiger partial charge in [0.2, 0.25) is 0 Å². The third-order valence-corrected chi connectivity index (χ3v) is 5.28. The number of carbonyl (C=O) groups is 1. The van der Waals surface area contributed by atoms with Gasteiger partial charge >= 0.3 is 0 Å². The average molecular weight is 383 g/mol. The van der Waals surface area contributed by atoms with Crippen LogP contribution in [0.4, 0.5) is 5.69 Å². The van der Waals surface area contributed by atoms with E-state index in [9.17, 15) is 4.79 Å². The molecule has 144 valence electrons. The van der Waals surface area contributed by atoms with Crippen LogP contribution in [0.1, 0.15) is 28.2 Å². The number of imidazole rings is 2. The van der Waals surface area contributed by atoms with Crippen LogP contribution in [0, 0.1) is 0 Å². The predicted octanol–water partition coefficient (Wildman–Crippen LogP) is 3.99. The molecule has 0 radical (unpaired) electrons. The van der Waals surface area contributed by atoms with Crippen LogP contribution in [-0.2, 0) is 19.5 Å². The van der Waals surface area contributed by atoms with E-state index in [0.717, 1.165) is 54.3 Å². The summed E-state index contributed by atoms with van der Waals surface area (Å²) in [5, 5.41) is 3.01. The Morgan fingerprint density at radius 2 is 2.03 bits per heavy atom. The Morgan fingerprint density at radius 3 is 2.86 bits per heavy atom. The van der Waals surface area contributed by atoms with Crippen molar-refractivity contribution < 1.29 is 4.79 Å². The van der Waals surface area contributed by atoms with Gasteiger partial charge in [0.15, 0.2) is 0 Å². The van der Waals surface area contributed by atoms with Crippen LogP contribution in [0.2, 0.25) is 0 Å². The van der Waals surface area contributed by atoms with E-state index >= 15 is 0 Å². The lowest BCUT2D eigenvalue weighted by atomic mass is 10.1. The molecule has 2 aromatic heterocycles. The van der Waals surface area contributed by atoms with Crippen molar-refractivity contribution in [2.45, 2.75) is 25.9 Å². The first-order chi connectivity index (χ1) is 14.3. The van der Waals surface area contributed by atoms with E-state index in [-0.39, 0.29) is 5.91 Å². The highest BCUT2D eigenvalue weighted by Crippen LogP contribution is 2.27. The number of carbonyl (C=O) groups excluding carboxylic acids is 1. The molecule has 1 amide bonds. The molecule has 1 N–H and O–H groups in total. The fourth-order valence-corrected chi connectivity index (χ4v) is 3.80. The van der Waals surface area contributed by atoms with Gasteiger partial charge < -0.3 is 14.5 Å². The lowest BCUT2D eigenvalue weighted by molar-refractivity contribution is 0.102. The number of anilines is 1. The second-order valence-electron chi connectivity index (χ2n) is 7.28. The zero-order chi connectivity index (χ0) is 19.6. The van der Waals surface area contributed by atoms with Gasteiger partial charge in [-0.1, -0.05) is 24.3 Å². The molecule has 29 heavy (non-hydrogen) atoms. The molecule has 2 aromatic carbocycles. The molecule has 5 rings (SSSR count). The fraction of sp³-hybridized carbons (Fsp3) is 0.174. The number of fused-ring (bicyclic) bond motifs is 1. The minimum atomic E-state index is -0.116. The lowest BCUT2D eigenvalue weighted by Crippen LogP contribution is -2.12. The van der Waals surface area contributed by atoms with Crippen molar-refractivity contribution in [3.8, 4) is 11.3 Å². The minimum absolute atomic E-state index is 0.116. The molecular weight excluding hydrogens is 362 g/mol. The van der Waals surface area contributed by atoms with Crippen LogP contribution in [-0.4, -0.2) is 25.0 Å². The molecule has 1 aliphatic heterocycles. The Balaban J connectivity index is 1.30. The molecule has 0 bridgehead atoms. The van der Waals surface area contributed by atoms with E-state index in [1.807, 2.05) is 59.4 Å². The highest BCUT2D eigenvalue weighted by atomic mass is 16.1. The molecule has 0 saturated carbocycles. The fourth-order valence-electron chi connectivity index (χ4n) is 3.80. The zero-order valence-electron chi connectivity index (χ0n) is 16.0. The smallest absolute Gasteiger partial charge is 0.255 e. The largest absolute Gasteiger partial charge is 0.333 e. The molecule has 0 unspecified atom stereocenters. The third-order valence-electron chi connectivity index (χ3n) is 5.28. The standard InChI is InChI=1S/C23H21N5O/c29-23(18-8-6-17(7-9-18)15-27-12-10-24-16-27)26-20-4-1-3-19(13-20)21-14-25-22-5-2-11-28(21)22/h1,3-4,6-10,12-14,16H,2,5,11,15H2,(H,26,29). The highest BCUT2D eigenvalue weighted by molar-refractivity contribution is 6.04. The normalized spacial score (nSPS) is 12.7. The molecule has 0 atom stereocenters. The summed E-state index contributed by atoms with van der Waals surface area (Å²) >= 11 is 0. The molecule has 6 heteroatoms. The van der Waals surface area contributed by atoms with Crippen molar-refractivity contribution in [2.24, 2.45) is 0 Å². The average Bonchev–Trinajstić information content (AvgIpc) is 3.47. The lowest BCUT2D eigenvalue weighted by Gasteiger charge is -2.10. The van der Waals surface area contributed by atoms with Gasteiger partial charge in [-0.25, -0.2) is 9.97 Å². The van der Waals surface area contributed by atoms with Gasteiger partial charge in [0, 0.05) is 48.7 Å². The van der Waals surface area contributed by atoms with Gasteiger partial charge in [-0.15, -0.1) is 0 Å². The summed E-state index contributed by atoms with van der Waals surface area (Å²) < 4.78 is 4.26. The molecule has 3 heterocycles. The molecular formula is C23H21N5O. The van der Waals surface area contributed by atoms with E-state index in [1.165, 1.54) is 0 Å². The number of rotatable bonds is 5. The number of nitrogens with zero attached hydrogens (tertiary/aromatic N) is 4. The Morgan fingerprint density at radius 1 is 1.14 bits per heavy atom. The van der Waals surface area contributed by atoms with Crippen molar-refractivity contribution in [2.75, 3.05) is 5.32 Å². The Labute approximate surface area is 168 Å². The number of hydrogen-bond acceptors (Lipinski definition) is 3. The SMILES string of the molecule is O=C(Nc1cccc(-c2cnc3n2CCC3)c1)c1ccc(Cn2ccnc2)cc1. The summed E-state index contributed by atoms with van der Waals surface area (Å²) in [4.78, 5) is 21.2. The van der Waals surface area contributed by atoms with Crippen molar-refractivity contribution in [1.82, 2.24) is 19.1 Å². The first-order valence-electron chi connectivity index (χ1n) is 9.77. The molecule has 6 nitrogen and oxygen atoms in total. The molecule has 0 aliphatic carbocycles. The second-order valence-corrected chi connectivity index (χ2v) is 7.28. The number of aromatic nitrogens is 4. The number of benzene rings is 2. The van der Waals surface area contributed by atoms with Gasteiger partial charge in [0.25, 0.3) is 5.91 Å². The number of aryl methyl sites for hydroxylation is 1. The van der Waals surface area contributed by atoms with Crippen LogP contribution in [0.25, 0.3) is 11.3 Å². The van der Waals surface area contributed by atoms with Gasteiger partial charge in [0.05, 0.1) is 18.2 Å². The van der Waals surface area contributed by atoms with Gasteiger partial charge in [0.1, 0.15) is 5.82 Å². The third kappa shape index (κ3) is 3.57. The summed E-state index contributed by atoms with van der Waals surface area (Å²) in [6.07, 6.45) is 9.56. The van der Waals surface area contributed by atoms with Crippen LogP contribution in [0.5, 0.6) is 0 Å². The molecule has 0 saturated heterocycles. The quantitative estimate of drug-likeness (QED) is 0.567. The van der Waals surface area contributed by atoms with E-state index in [2.05, 4.69) is 25.9 Å². The van der Waals surface area contributed by atoms with E-state index in [1.54, 1.807) is 12.5 Å². The summed E-state index contributed by atoms with van der Waals surface area (Å²) in [6, 6.07) is 15.6. The van der Waals surface area contributed by atoms with E-state index in [4.69, 9.17) is 0 Å². The van der Waals surface area contributed by atoms with Crippen molar-refractivity contribution in [3.63, 3.8) is 0 Å². The Bertz CT molecular complexity index is 1140. The minimum Gasteiger partial charge on any atom is -0.333 e. The maximum Gasteiger partial charge on any atom is 0.255 e. The van der Waals surface area contributed by atoms with Crippen LogP contribution in [0.3, 0.4) is 0 Å².